The summed E-state index contributed by atoms with van der Waals surface area (Å²) in [4.78, 5) is 0. The zero-order valence-electron chi connectivity index (χ0n) is 9.68. The number of aliphatic hydroxyl groups excluding tert-OH is 1. The Labute approximate surface area is 95.9 Å². The number of hydrogen-bond acceptors (Lipinski definition) is 3. The normalized spacial score (nSPS) is 15.2. The van der Waals surface area contributed by atoms with E-state index in [1.165, 1.54) is 0 Å². The van der Waals surface area contributed by atoms with Crippen molar-refractivity contribution >= 4 is 11.8 Å². The van der Waals surface area contributed by atoms with Gasteiger partial charge >= 0.3 is 0 Å². The van der Waals surface area contributed by atoms with Crippen LogP contribution in [0.15, 0.2) is 12.3 Å². The first-order chi connectivity index (χ1) is 7.11. The lowest BCUT2D eigenvalue weighted by atomic mass is 10.2. The Morgan fingerprint density at radius 1 is 1.60 bits per heavy atom. The number of aliphatic hydroxyl groups is 1. The maximum atomic E-state index is 9.79. The summed E-state index contributed by atoms with van der Waals surface area (Å²) < 4.78 is 1.77. The van der Waals surface area contributed by atoms with Crippen molar-refractivity contribution in [3.8, 4) is 0 Å². The van der Waals surface area contributed by atoms with Crippen LogP contribution in [0, 0.1) is 0 Å². The van der Waals surface area contributed by atoms with E-state index in [1.807, 2.05) is 31.1 Å². The molecule has 0 amide bonds. The summed E-state index contributed by atoms with van der Waals surface area (Å²) >= 11 is 1.83. The van der Waals surface area contributed by atoms with Crippen LogP contribution in [0.5, 0.6) is 0 Å². The number of aryl methyl sites for hydroxylation is 1. The summed E-state index contributed by atoms with van der Waals surface area (Å²) in [6.07, 6.45) is 3.44. The predicted octanol–water partition coefficient (Wildman–Crippen LogP) is 1.86. The van der Waals surface area contributed by atoms with E-state index in [2.05, 4.69) is 18.9 Å². The fourth-order valence-corrected chi connectivity index (χ4v) is 2.17. The van der Waals surface area contributed by atoms with Gasteiger partial charge in [-0.3, -0.25) is 4.68 Å². The van der Waals surface area contributed by atoms with Gasteiger partial charge in [0.05, 0.1) is 11.8 Å². The van der Waals surface area contributed by atoms with E-state index >= 15 is 0 Å². The summed E-state index contributed by atoms with van der Waals surface area (Å²) in [5.41, 5.74) is 0.967. The summed E-state index contributed by atoms with van der Waals surface area (Å²) in [6, 6.07) is 1.96. The Balaban J connectivity index is 2.27. The van der Waals surface area contributed by atoms with Gasteiger partial charge in [-0.25, -0.2) is 0 Å². The van der Waals surface area contributed by atoms with E-state index in [0.29, 0.717) is 11.7 Å². The Kier molecular flexibility index (Phi) is 5.19. The molecular formula is C11H20N2OS. The van der Waals surface area contributed by atoms with E-state index < -0.39 is 0 Å². The van der Waals surface area contributed by atoms with Gasteiger partial charge in [0.2, 0.25) is 0 Å². The smallest absolute Gasteiger partial charge is 0.0686 e. The van der Waals surface area contributed by atoms with E-state index in [-0.39, 0.29) is 6.10 Å². The fourth-order valence-electron chi connectivity index (χ4n) is 1.27. The standard InChI is InChI=1S/C11H20N2OS/c1-4-9(2)15-8-11(14)7-10-5-6-13(3)12-10/h5-6,9,11,14H,4,7-8H2,1-3H3. The van der Waals surface area contributed by atoms with Gasteiger partial charge in [0.15, 0.2) is 0 Å². The maximum Gasteiger partial charge on any atom is 0.0686 e. The van der Waals surface area contributed by atoms with E-state index in [4.69, 9.17) is 0 Å². The molecule has 15 heavy (non-hydrogen) atoms. The highest BCUT2D eigenvalue weighted by Gasteiger charge is 2.09. The minimum atomic E-state index is -0.279. The number of thioether (sulfide) groups is 1. The van der Waals surface area contributed by atoms with Crippen LogP contribution in [0.25, 0.3) is 0 Å². The van der Waals surface area contributed by atoms with Crippen molar-refractivity contribution < 1.29 is 5.11 Å². The molecule has 0 bridgehead atoms. The van der Waals surface area contributed by atoms with E-state index in [9.17, 15) is 5.11 Å². The highest BCUT2D eigenvalue weighted by atomic mass is 32.2. The molecule has 0 radical (unpaired) electrons. The van der Waals surface area contributed by atoms with Crippen LogP contribution >= 0.6 is 11.8 Å². The minimum Gasteiger partial charge on any atom is -0.392 e. The average molecular weight is 228 g/mol. The SMILES string of the molecule is CCC(C)SCC(O)Cc1ccn(C)n1. The van der Waals surface area contributed by atoms with Crippen LogP contribution in [0.3, 0.4) is 0 Å². The topological polar surface area (TPSA) is 38.0 Å². The third-order valence-electron chi connectivity index (χ3n) is 2.36. The summed E-state index contributed by atoms with van der Waals surface area (Å²) in [7, 11) is 1.89. The molecule has 86 valence electrons. The molecule has 1 rings (SSSR count). The highest BCUT2D eigenvalue weighted by molar-refractivity contribution is 7.99. The zero-order valence-corrected chi connectivity index (χ0v) is 10.5. The van der Waals surface area contributed by atoms with Crippen molar-refractivity contribution in [2.24, 2.45) is 7.05 Å². The number of aromatic nitrogens is 2. The van der Waals surface area contributed by atoms with Crippen molar-refractivity contribution in [3.05, 3.63) is 18.0 Å². The van der Waals surface area contributed by atoms with E-state index in [0.717, 1.165) is 17.9 Å². The molecule has 1 aromatic heterocycles. The lowest BCUT2D eigenvalue weighted by Gasteiger charge is -2.12. The fraction of sp³-hybridized carbons (Fsp3) is 0.727. The van der Waals surface area contributed by atoms with Gasteiger partial charge in [-0.1, -0.05) is 13.8 Å². The second-order valence-electron chi connectivity index (χ2n) is 3.89. The molecule has 1 aromatic rings. The number of rotatable bonds is 6. The van der Waals surface area contributed by atoms with E-state index in [1.54, 1.807) is 4.68 Å². The molecule has 0 spiro atoms. The Hall–Kier alpha value is -0.480. The zero-order chi connectivity index (χ0) is 11.3. The second-order valence-corrected chi connectivity index (χ2v) is 5.36. The first kappa shape index (κ1) is 12.6. The number of nitrogens with zero attached hydrogens (tertiary/aromatic N) is 2. The molecule has 4 heteroatoms. The molecule has 0 aliphatic carbocycles. The first-order valence-corrected chi connectivity index (χ1v) is 6.45. The van der Waals surface area contributed by atoms with Crippen molar-refractivity contribution in [2.75, 3.05) is 5.75 Å². The van der Waals surface area contributed by atoms with Gasteiger partial charge in [0, 0.05) is 30.7 Å². The van der Waals surface area contributed by atoms with Crippen LogP contribution in [-0.2, 0) is 13.5 Å². The molecule has 1 heterocycles. The Morgan fingerprint density at radius 3 is 2.87 bits per heavy atom. The van der Waals surface area contributed by atoms with Crippen molar-refractivity contribution in [1.82, 2.24) is 9.78 Å². The molecule has 0 aliphatic heterocycles. The van der Waals surface area contributed by atoms with Crippen LogP contribution in [-0.4, -0.2) is 32.0 Å². The Morgan fingerprint density at radius 2 is 2.33 bits per heavy atom. The van der Waals surface area contributed by atoms with Gasteiger partial charge in [-0.05, 0) is 12.5 Å². The maximum absolute atomic E-state index is 9.79. The van der Waals surface area contributed by atoms with Gasteiger partial charge in [0.1, 0.15) is 0 Å². The Bertz CT molecular complexity index is 288. The quantitative estimate of drug-likeness (QED) is 0.807. The average Bonchev–Trinajstić information content (AvgIpc) is 2.60. The third kappa shape index (κ3) is 4.71. The summed E-state index contributed by atoms with van der Waals surface area (Å²) in [6.45, 7) is 4.36. The molecule has 2 unspecified atom stereocenters. The third-order valence-corrected chi connectivity index (χ3v) is 3.84. The molecule has 0 fully saturated rings. The molecule has 0 aromatic carbocycles. The molecular weight excluding hydrogens is 208 g/mol. The first-order valence-electron chi connectivity index (χ1n) is 5.40. The van der Waals surface area contributed by atoms with Gasteiger partial charge < -0.3 is 5.11 Å². The predicted molar refractivity (Wildman–Crippen MR) is 65.1 cm³/mol. The van der Waals surface area contributed by atoms with Gasteiger partial charge in [0.25, 0.3) is 0 Å². The monoisotopic (exact) mass is 228 g/mol. The van der Waals surface area contributed by atoms with Crippen molar-refractivity contribution in [2.45, 2.75) is 38.0 Å². The van der Waals surface area contributed by atoms with Crippen LogP contribution in [0.1, 0.15) is 26.0 Å². The van der Waals surface area contributed by atoms with Crippen LogP contribution in [0.2, 0.25) is 0 Å². The lowest BCUT2D eigenvalue weighted by molar-refractivity contribution is 0.198. The van der Waals surface area contributed by atoms with Gasteiger partial charge in [-0.15, -0.1) is 0 Å². The summed E-state index contributed by atoms with van der Waals surface area (Å²) in [5, 5.41) is 14.7. The molecule has 1 N–H and O–H groups in total. The van der Waals surface area contributed by atoms with Gasteiger partial charge in [-0.2, -0.15) is 16.9 Å². The molecule has 3 nitrogen and oxygen atoms in total. The van der Waals surface area contributed by atoms with Crippen LogP contribution < -0.4 is 0 Å². The van der Waals surface area contributed by atoms with Crippen molar-refractivity contribution in [1.29, 1.82) is 0 Å². The lowest BCUT2D eigenvalue weighted by Crippen LogP contribution is -2.15. The largest absolute Gasteiger partial charge is 0.392 e. The minimum absolute atomic E-state index is 0.279. The highest BCUT2D eigenvalue weighted by Crippen LogP contribution is 2.15. The summed E-state index contributed by atoms with van der Waals surface area (Å²) in [5.74, 6) is 0.797. The number of hydrogen-bond donors (Lipinski definition) is 1. The second kappa shape index (κ2) is 6.18. The molecule has 0 saturated carbocycles. The molecule has 2 atom stereocenters. The molecule has 0 aliphatic rings. The van der Waals surface area contributed by atoms with Crippen LogP contribution in [0.4, 0.5) is 0 Å². The molecule has 0 saturated heterocycles. The van der Waals surface area contributed by atoms with Crippen molar-refractivity contribution in [3.63, 3.8) is 0 Å².